The molecule has 0 rings (SSSR count). The van der Waals surface area contributed by atoms with Gasteiger partial charge in [0.25, 0.3) is 5.08 Å². The van der Waals surface area contributed by atoms with E-state index in [4.69, 9.17) is 5.73 Å². The molecular weight excluding hydrogens is 272 g/mol. The zero-order chi connectivity index (χ0) is 13.7. The van der Waals surface area contributed by atoms with Crippen LogP contribution in [0.1, 0.15) is 12.8 Å². The Labute approximate surface area is 100 Å². The number of rotatable bonds is 8. The monoisotopic (exact) mass is 291 g/mol. The summed E-state index contributed by atoms with van der Waals surface area (Å²) in [6.45, 7) is 0.138. The molecule has 0 fully saturated rings. The Morgan fingerprint density at radius 3 is 1.94 bits per heavy atom. The van der Waals surface area contributed by atoms with Gasteiger partial charge < -0.3 is 29.3 Å². The second kappa shape index (κ2) is 6.41. The Balaban J connectivity index is 5.54. The van der Waals surface area contributed by atoms with Crippen LogP contribution in [-0.2, 0) is 22.7 Å². The summed E-state index contributed by atoms with van der Waals surface area (Å²) in [4.78, 5) is 9.58. The third-order valence-electron chi connectivity index (χ3n) is 2.34. The summed E-state index contributed by atoms with van der Waals surface area (Å²) in [5.41, 5.74) is 5.25. The van der Waals surface area contributed by atoms with Gasteiger partial charge in [0.05, 0.1) is 0 Å². The van der Waals surface area contributed by atoms with Gasteiger partial charge in [0.2, 0.25) is 0 Å². The van der Waals surface area contributed by atoms with Crippen molar-refractivity contribution in [2.75, 3.05) is 27.9 Å². The van der Waals surface area contributed by atoms with Crippen LogP contribution in [0.15, 0.2) is 0 Å². The fourth-order valence-electron chi connectivity index (χ4n) is 1.29. The van der Waals surface area contributed by atoms with Crippen LogP contribution in [0.4, 0.5) is 0 Å². The molecule has 0 aromatic carbocycles. The molecule has 0 aromatic heterocycles. The maximum absolute atomic E-state index is 12.1. The molecule has 2 atom stereocenters. The van der Waals surface area contributed by atoms with Crippen molar-refractivity contribution in [3.63, 3.8) is 0 Å². The minimum atomic E-state index is -4.59. The van der Waals surface area contributed by atoms with Crippen molar-refractivity contribution in [3.05, 3.63) is 0 Å². The molecule has 0 saturated carbocycles. The highest BCUT2D eigenvalue weighted by Crippen LogP contribution is 2.75. The van der Waals surface area contributed by atoms with E-state index in [1.807, 2.05) is 0 Å². The van der Waals surface area contributed by atoms with Crippen LogP contribution in [-0.4, -0.2) is 43.0 Å². The predicted molar refractivity (Wildman–Crippen MR) is 61.7 cm³/mol. The lowest BCUT2D eigenvalue weighted by molar-refractivity contribution is 0.102. The molecule has 0 saturated heterocycles. The highest BCUT2D eigenvalue weighted by atomic mass is 31.2. The molecule has 17 heavy (non-hydrogen) atoms. The van der Waals surface area contributed by atoms with Gasteiger partial charge in [-0.15, -0.1) is 0 Å². The third kappa shape index (κ3) is 3.16. The van der Waals surface area contributed by atoms with E-state index in [-0.39, 0.29) is 19.4 Å². The van der Waals surface area contributed by atoms with Crippen molar-refractivity contribution in [3.8, 4) is 0 Å². The zero-order valence-corrected chi connectivity index (χ0v) is 11.8. The normalized spacial score (nSPS) is 19.6. The molecule has 0 spiro atoms. The largest absolute Gasteiger partial charge is 0.374 e. The second-order valence-corrected chi connectivity index (χ2v) is 8.20. The average Bonchev–Trinajstić information content (AvgIpc) is 2.34. The Morgan fingerprint density at radius 2 is 1.65 bits per heavy atom. The standard InChI is InChI=1S/C7H19NO7P2/c1-13-16(10,11)7(9,5-4-6-8)17(12,14-2)15-3/h9H,4-6,8H2,1-3H3,(H,10,11). The molecule has 0 aliphatic heterocycles. The van der Waals surface area contributed by atoms with Crippen molar-refractivity contribution in [1.82, 2.24) is 0 Å². The van der Waals surface area contributed by atoms with E-state index >= 15 is 0 Å². The quantitative estimate of drug-likeness (QED) is 0.557. The molecule has 0 aromatic rings. The van der Waals surface area contributed by atoms with Crippen LogP contribution in [0.2, 0.25) is 0 Å². The summed E-state index contributed by atoms with van der Waals surface area (Å²) in [7, 11) is -5.87. The first kappa shape index (κ1) is 17.2. The molecule has 2 unspecified atom stereocenters. The molecule has 0 amide bonds. The number of nitrogens with two attached hydrogens (primary N) is 1. The molecule has 0 radical (unpaired) electrons. The highest BCUT2D eigenvalue weighted by molar-refractivity contribution is 7.73. The summed E-state index contributed by atoms with van der Waals surface area (Å²) in [6.07, 6.45) is -0.189. The first-order valence-corrected chi connectivity index (χ1v) is 7.89. The second-order valence-electron chi connectivity index (χ2n) is 3.23. The van der Waals surface area contributed by atoms with Gasteiger partial charge in [0, 0.05) is 27.8 Å². The minimum absolute atomic E-state index is 0.138. The Morgan fingerprint density at radius 1 is 1.18 bits per heavy atom. The third-order valence-corrected chi connectivity index (χ3v) is 7.51. The highest BCUT2D eigenvalue weighted by Gasteiger charge is 2.62. The van der Waals surface area contributed by atoms with Crippen molar-refractivity contribution in [2.45, 2.75) is 17.9 Å². The van der Waals surface area contributed by atoms with E-state index in [1.165, 1.54) is 0 Å². The lowest BCUT2D eigenvalue weighted by atomic mass is 10.3. The molecule has 0 bridgehead atoms. The molecule has 4 N–H and O–H groups in total. The Kier molecular flexibility index (Phi) is 6.49. The van der Waals surface area contributed by atoms with Gasteiger partial charge in [-0.05, 0) is 13.0 Å². The van der Waals surface area contributed by atoms with Gasteiger partial charge in [-0.1, -0.05) is 0 Å². The first-order chi connectivity index (χ1) is 7.74. The van der Waals surface area contributed by atoms with Gasteiger partial charge in [0.15, 0.2) is 0 Å². The molecule has 0 aliphatic carbocycles. The Hall–Kier alpha value is 0.220. The van der Waals surface area contributed by atoms with Crippen molar-refractivity contribution >= 4 is 15.2 Å². The molecule has 104 valence electrons. The van der Waals surface area contributed by atoms with Gasteiger partial charge in [-0.2, -0.15) is 0 Å². The summed E-state index contributed by atoms with van der Waals surface area (Å²) in [6, 6.07) is 0. The summed E-state index contributed by atoms with van der Waals surface area (Å²) >= 11 is 0. The van der Waals surface area contributed by atoms with Crippen LogP contribution >= 0.6 is 15.2 Å². The van der Waals surface area contributed by atoms with Crippen LogP contribution < -0.4 is 5.73 Å². The van der Waals surface area contributed by atoms with E-state index < -0.39 is 20.3 Å². The maximum Gasteiger partial charge on any atom is 0.374 e. The number of aliphatic hydroxyl groups is 1. The van der Waals surface area contributed by atoms with Crippen LogP contribution in [0.25, 0.3) is 0 Å². The van der Waals surface area contributed by atoms with E-state index in [9.17, 15) is 19.1 Å². The maximum atomic E-state index is 12.1. The van der Waals surface area contributed by atoms with Gasteiger partial charge >= 0.3 is 15.2 Å². The smallest absolute Gasteiger partial charge is 0.368 e. The summed E-state index contributed by atoms with van der Waals surface area (Å²) in [5.74, 6) is 0. The molecule has 0 heterocycles. The molecular formula is C7H19NO7P2. The average molecular weight is 291 g/mol. The van der Waals surface area contributed by atoms with Crippen LogP contribution in [0.3, 0.4) is 0 Å². The Bertz CT molecular complexity index is 328. The van der Waals surface area contributed by atoms with Gasteiger partial charge in [-0.25, -0.2) is 0 Å². The number of hydrogen-bond donors (Lipinski definition) is 3. The van der Waals surface area contributed by atoms with Gasteiger partial charge in [-0.3, -0.25) is 9.13 Å². The fraction of sp³-hybridized carbons (Fsp3) is 1.00. The lowest BCUT2D eigenvalue weighted by Crippen LogP contribution is -2.31. The van der Waals surface area contributed by atoms with Crippen molar-refractivity contribution < 1.29 is 32.7 Å². The minimum Gasteiger partial charge on any atom is -0.368 e. The SMILES string of the molecule is COP(=O)(O)C(O)(CCCN)P(=O)(OC)OC. The van der Waals surface area contributed by atoms with Gasteiger partial charge in [0.1, 0.15) is 0 Å². The fourth-order valence-corrected chi connectivity index (χ4v) is 5.16. The molecule has 0 aliphatic rings. The molecule has 8 nitrogen and oxygen atoms in total. The van der Waals surface area contributed by atoms with E-state index in [0.717, 1.165) is 21.3 Å². The van der Waals surface area contributed by atoms with Crippen LogP contribution in [0, 0.1) is 0 Å². The zero-order valence-electron chi connectivity index (χ0n) is 10.0. The summed E-state index contributed by atoms with van der Waals surface area (Å²) < 4.78 is 37.4. The predicted octanol–water partition coefficient (Wildman–Crippen LogP) is 0.689. The lowest BCUT2D eigenvalue weighted by Gasteiger charge is -2.34. The van der Waals surface area contributed by atoms with Crippen molar-refractivity contribution in [1.29, 1.82) is 0 Å². The van der Waals surface area contributed by atoms with E-state index in [0.29, 0.717) is 0 Å². The first-order valence-electron chi connectivity index (χ1n) is 4.77. The topological polar surface area (TPSA) is 128 Å². The number of hydrogen-bond acceptors (Lipinski definition) is 7. The van der Waals surface area contributed by atoms with E-state index in [1.54, 1.807) is 0 Å². The van der Waals surface area contributed by atoms with Crippen LogP contribution in [0.5, 0.6) is 0 Å². The summed E-state index contributed by atoms with van der Waals surface area (Å²) in [5, 5.41) is 7.56. The van der Waals surface area contributed by atoms with E-state index in [2.05, 4.69) is 13.6 Å². The van der Waals surface area contributed by atoms with Crippen molar-refractivity contribution in [2.24, 2.45) is 5.73 Å². The molecule has 10 heteroatoms.